The fourth-order valence-corrected chi connectivity index (χ4v) is 5.55. The Morgan fingerprint density at radius 1 is 1.08 bits per heavy atom. The van der Waals surface area contributed by atoms with Gasteiger partial charge in [-0.1, -0.05) is 49.4 Å². The van der Waals surface area contributed by atoms with Crippen LogP contribution >= 0.6 is 11.8 Å². The number of carbonyl (C=O) groups is 1. The van der Waals surface area contributed by atoms with Crippen molar-refractivity contribution in [3.05, 3.63) is 106 Å². The first-order chi connectivity index (χ1) is 17.4. The number of benzene rings is 3. The second-order valence-corrected chi connectivity index (χ2v) is 9.90. The van der Waals surface area contributed by atoms with Gasteiger partial charge in [0, 0.05) is 22.8 Å². The Bertz CT molecular complexity index is 1490. The van der Waals surface area contributed by atoms with E-state index in [-0.39, 0.29) is 5.25 Å². The van der Waals surface area contributed by atoms with Gasteiger partial charge in [0.1, 0.15) is 12.4 Å². The average molecular weight is 504 g/mol. The van der Waals surface area contributed by atoms with E-state index in [4.69, 9.17) is 4.74 Å². The molecule has 7 heteroatoms. The number of hydrogen-bond acceptors (Lipinski definition) is 4. The van der Waals surface area contributed by atoms with Gasteiger partial charge in [-0.3, -0.25) is 4.79 Å². The Kier molecular flexibility index (Phi) is 6.74. The molecule has 3 aromatic carbocycles. The predicted octanol–water partition coefficient (Wildman–Crippen LogP) is 7.12. The van der Waals surface area contributed by atoms with Crippen LogP contribution in [0.15, 0.2) is 66.7 Å². The number of ether oxygens (including phenoxy) is 1. The molecule has 0 saturated heterocycles. The smallest absolute Gasteiger partial charge is 0.307 e. The van der Waals surface area contributed by atoms with Crippen molar-refractivity contribution in [3.8, 4) is 5.75 Å². The van der Waals surface area contributed by atoms with Gasteiger partial charge in [0.2, 0.25) is 0 Å². The molecule has 0 aliphatic carbocycles. The molecule has 0 saturated carbocycles. The number of aliphatic carboxylic acids is 1. The molecule has 0 bridgehead atoms. The van der Waals surface area contributed by atoms with E-state index in [1.54, 1.807) is 30.8 Å². The Morgan fingerprint density at radius 2 is 1.89 bits per heavy atom. The number of halogens is 2. The third-order valence-electron chi connectivity index (χ3n) is 6.17. The molecule has 36 heavy (non-hydrogen) atoms. The van der Waals surface area contributed by atoms with Crippen LogP contribution < -0.4 is 4.74 Å². The summed E-state index contributed by atoms with van der Waals surface area (Å²) in [6.45, 7) is 2.16. The van der Waals surface area contributed by atoms with E-state index in [1.165, 1.54) is 0 Å². The highest BCUT2D eigenvalue weighted by atomic mass is 32.2. The molecule has 2 heterocycles. The maximum atomic E-state index is 13.6. The van der Waals surface area contributed by atoms with Gasteiger partial charge < -0.3 is 9.84 Å². The molecule has 5 rings (SSSR count). The van der Waals surface area contributed by atoms with E-state index in [0.29, 0.717) is 29.0 Å². The molecule has 182 valence electrons. The summed E-state index contributed by atoms with van der Waals surface area (Å²) in [7, 11) is 0. The summed E-state index contributed by atoms with van der Waals surface area (Å²) >= 11 is 1.60. The molecule has 4 aromatic rings. The zero-order valence-corrected chi connectivity index (χ0v) is 20.3. The highest BCUT2D eigenvalue weighted by Gasteiger charge is 2.26. The summed E-state index contributed by atoms with van der Waals surface area (Å²) in [5.41, 5.74) is 5.09. The van der Waals surface area contributed by atoms with Crippen molar-refractivity contribution in [1.29, 1.82) is 0 Å². The number of hydrogen-bond donors (Lipinski definition) is 1. The van der Waals surface area contributed by atoms with E-state index in [2.05, 4.69) is 11.1 Å². The summed E-state index contributed by atoms with van der Waals surface area (Å²) in [6.07, 6.45) is 3.73. The predicted molar refractivity (Wildman–Crippen MR) is 139 cm³/mol. The molecule has 0 fully saturated rings. The van der Waals surface area contributed by atoms with Gasteiger partial charge in [-0.15, -0.1) is 11.8 Å². The molecular formula is C29H23F2NO3S. The van der Waals surface area contributed by atoms with Crippen molar-refractivity contribution in [2.45, 2.75) is 18.8 Å². The second kappa shape index (κ2) is 10.1. The molecule has 1 aliphatic heterocycles. The lowest BCUT2D eigenvalue weighted by molar-refractivity contribution is -0.140. The van der Waals surface area contributed by atoms with Crippen molar-refractivity contribution in [1.82, 2.24) is 4.98 Å². The summed E-state index contributed by atoms with van der Waals surface area (Å²) < 4.78 is 33.2. The Labute approximate surface area is 211 Å². The molecule has 1 N–H and O–H groups in total. The number of fused-ring (bicyclic) bond motifs is 3. The van der Waals surface area contributed by atoms with Crippen LogP contribution in [0.1, 0.15) is 40.1 Å². The monoisotopic (exact) mass is 503 g/mol. The van der Waals surface area contributed by atoms with Gasteiger partial charge in [-0.05, 0) is 47.0 Å². The minimum absolute atomic E-state index is 0.0782. The van der Waals surface area contributed by atoms with Crippen molar-refractivity contribution < 1.29 is 23.4 Å². The zero-order chi connectivity index (χ0) is 25.2. The van der Waals surface area contributed by atoms with Gasteiger partial charge in [-0.25, -0.2) is 13.8 Å². The lowest BCUT2D eigenvalue weighted by Crippen LogP contribution is -2.13. The third kappa shape index (κ3) is 4.97. The number of aromatic nitrogens is 1. The SMILES string of the molecule is C[C@@H](CSC1c2ccccc2COc2ccc(C=Cc3ccc4cc(F)c(F)cc4n3)cc21)C(=O)O. The number of carboxylic acids is 1. The Balaban J connectivity index is 1.48. The maximum absolute atomic E-state index is 13.6. The van der Waals surface area contributed by atoms with Crippen LogP contribution in [0.2, 0.25) is 0 Å². The van der Waals surface area contributed by atoms with E-state index >= 15 is 0 Å². The largest absolute Gasteiger partial charge is 0.489 e. The normalized spacial score (nSPS) is 15.7. The van der Waals surface area contributed by atoms with E-state index in [0.717, 1.165) is 40.1 Å². The molecular weight excluding hydrogens is 480 g/mol. The molecule has 1 aromatic heterocycles. The van der Waals surface area contributed by atoms with Gasteiger partial charge >= 0.3 is 5.97 Å². The first-order valence-electron chi connectivity index (χ1n) is 11.5. The van der Waals surface area contributed by atoms with Crippen LogP contribution in [0.3, 0.4) is 0 Å². The van der Waals surface area contributed by atoms with E-state index < -0.39 is 23.5 Å². The first-order valence-corrected chi connectivity index (χ1v) is 12.6. The quantitative estimate of drug-likeness (QED) is 0.304. The van der Waals surface area contributed by atoms with Crippen LogP contribution in [0, 0.1) is 17.6 Å². The highest BCUT2D eigenvalue weighted by Crippen LogP contribution is 2.45. The fraction of sp³-hybridized carbons (Fsp3) is 0.172. The van der Waals surface area contributed by atoms with Crippen molar-refractivity contribution in [2.75, 3.05) is 5.75 Å². The Hall–Kier alpha value is -3.71. The molecule has 1 aliphatic rings. The van der Waals surface area contributed by atoms with Gasteiger partial charge in [0.05, 0.1) is 22.4 Å². The minimum Gasteiger partial charge on any atom is -0.489 e. The van der Waals surface area contributed by atoms with Gasteiger partial charge in [-0.2, -0.15) is 0 Å². The standard InChI is InChI=1S/C29H23F2NO3S/c1-17(29(33)34)16-36-28-22-5-3-2-4-20(22)15-35-27-11-7-18(12-23(27)28)6-9-21-10-8-19-13-24(30)25(31)14-26(19)32-21/h2-14,17,28H,15-16H2,1H3,(H,33,34)/t17-,28?/m0/s1. The van der Waals surface area contributed by atoms with Gasteiger partial charge in [0.25, 0.3) is 0 Å². The van der Waals surface area contributed by atoms with Crippen LogP contribution in [-0.2, 0) is 11.4 Å². The van der Waals surface area contributed by atoms with Crippen molar-refractivity contribution in [2.24, 2.45) is 5.92 Å². The molecule has 2 atom stereocenters. The number of pyridine rings is 1. The zero-order valence-electron chi connectivity index (χ0n) is 19.4. The van der Waals surface area contributed by atoms with E-state index in [1.807, 2.05) is 48.6 Å². The van der Waals surface area contributed by atoms with Crippen LogP contribution in [0.25, 0.3) is 23.1 Å². The highest BCUT2D eigenvalue weighted by molar-refractivity contribution is 7.99. The number of carboxylic acid groups (broad SMARTS) is 1. The fourth-order valence-electron chi connectivity index (χ4n) is 4.15. The maximum Gasteiger partial charge on any atom is 0.307 e. The number of thioether (sulfide) groups is 1. The van der Waals surface area contributed by atoms with Crippen LogP contribution in [-0.4, -0.2) is 21.8 Å². The lowest BCUT2D eigenvalue weighted by Gasteiger charge is -2.20. The van der Waals surface area contributed by atoms with E-state index in [9.17, 15) is 18.7 Å². The topological polar surface area (TPSA) is 59.4 Å². The van der Waals surface area contributed by atoms with Crippen molar-refractivity contribution in [3.63, 3.8) is 0 Å². The molecule has 1 unspecified atom stereocenters. The molecule has 0 radical (unpaired) electrons. The second-order valence-electron chi connectivity index (χ2n) is 8.77. The third-order valence-corrected chi connectivity index (χ3v) is 7.70. The number of rotatable bonds is 6. The molecule has 4 nitrogen and oxygen atoms in total. The van der Waals surface area contributed by atoms with Crippen LogP contribution in [0.4, 0.5) is 8.78 Å². The molecule has 0 amide bonds. The first kappa shape index (κ1) is 24.0. The van der Waals surface area contributed by atoms with Gasteiger partial charge in [0.15, 0.2) is 11.6 Å². The number of nitrogens with zero attached hydrogens (tertiary/aromatic N) is 1. The van der Waals surface area contributed by atoms with Crippen molar-refractivity contribution >= 4 is 40.8 Å². The minimum atomic E-state index is -0.928. The molecule has 0 spiro atoms. The summed E-state index contributed by atoms with van der Waals surface area (Å²) in [5.74, 6) is -1.88. The summed E-state index contributed by atoms with van der Waals surface area (Å²) in [4.78, 5) is 15.9. The Morgan fingerprint density at radius 3 is 2.72 bits per heavy atom. The summed E-state index contributed by atoms with van der Waals surface area (Å²) in [5, 5.41) is 9.83. The van der Waals surface area contributed by atoms with Crippen LogP contribution in [0.5, 0.6) is 5.75 Å². The average Bonchev–Trinajstić information content (AvgIpc) is 3.03. The summed E-state index contributed by atoms with van der Waals surface area (Å²) in [6, 6.07) is 19.7. The lowest BCUT2D eigenvalue weighted by atomic mass is 9.98.